The smallest absolute Gasteiger partial charge is 0.508 e. The van der Waals surface area contributed by atoms with Gasteiger partial charge in [0.15, 0.2) is 0 Å². The van der Waals surface area contributed by atoms with E-state index in [1.54, 1.807) is 35.8 Å². The van der Waals surface area contributed by atoms with Gasteiger partial charge in [0.05, 0.1) is 35.6 Å². The maximum Gasteiger partial charge on any atom is 0.509 e. The molecule has 1 atom stereocenters. The van der Waals surface area contributed by atoms with Crippen molar-refractivity contribution >= 4 is 23.0 Å². The molecule has 9 heteroatoms. The standard InChI is InChI=1S/C23H20N2O7.C2H6/c1-3-12-13-7-11(26)5-6-17(13)24-19-15(12)9-25-18(19)8-14-16(21(25)27)10-31-22(28)20(14)32-23(29)30-4-2;1-2/h5-8,20,26H,3-4,9-10H2,1-2H3;1-2H3. The summed E-state index contributed by atoms with van der Waals surface area (Å²) in [5.74, 6) is -0.615. The lowest BCUT2D eigenvalue weighted by Gasteiger charge is -2.24. The Morgan fingerprint density at radius 3 is 2.68 bits per heavy atom. The van der Waals surface area contributed by atoms with Gasteiger partial charge in [0, 0.05) is 16.5 Å². The lowest BCUT2D eigenvalue weighted by molar-refractivity contribution is -0.159. The average Bonchev–Trinajstić information content (AvgIpc) is 3.19. The second-order valence-electron chi connectivity index (χ2n) is 7.62. The van der Waals surface area contributed by atoms with Crippen molar-refractivity contribution in [3.05, 3.63) is 56.9 Å². The number of ether oxygens (including phenoxy) is 3. The molecule has 0 saturated carbocycles. The van der Waals surface area contributed by atoms with Crippen molar-refractivity contribution in [1.82, 2.24) is 9.55 Å². The first-order valence-corrected chi connectivity index (χ1v) is 11.3. The van der Waals surface area contributed by atoms with Crippen molar-refractivity contribution in [2.45, 2.75) is 53.4 Å². The molecule has 0 spiro atoms. The zero-order valence-electron chi connectivity index (χ0n) is 19.5. The molecule has 0 radical (unpaired) electrons. The van der Waals surface area contributed by atoms with Crippen LogP contribution in [-0.4, -0.2) is 33.4 Å². The molecule has 2 aromatic heterocycles. The number of hydrogen-bond acceptors (Lipinski definition) is 8. The molecule has 1 N–H and O–H groups in total. The number of carbonyl (C=O) groups is 2. The highest BCUT2D eigenvalue weighted by atomic mass is 16.7. The normalized spacial score (nSPS) is 15.4. The van der Waals surface area contributed by atoms with Crippen LogP contribution in [-0.2, 0) is 38.6 Å². The Labute approximate surface area is 195 Å². The molecular weight excluding hydrogens is 440 g/mol. The number of fused-ring (bicyclic) bond motifs is 5. The summed E-state index contributed by atoms with van der Waals surface area (Å²) >= 11 is 0. The quantitative estimate of drug-likeness (QED) is 0.451. The number of aromatic hydroxyl groups is 1. The van der Waals surface area contributed by atoms with E-state index in [4.69, 9.17) is 19.2 Å². The van der Waals surface area contributed by atoms with E-state index in [0.29, 0.717) is 29.9 Å². The minimum Gasteiger partial charge on any atom is -0.508 e. The van der Waals surface area contributed by atoms with Gasteiger partial charge >= 0.3 is 12.1 Å². The summed E-state index contributed by atoms with van der Waals surface area (Å²) in [7, 11) is 0. The van der Waals surface area contributed by atoms with Crippen molar-refractivity contribution in [1.29, 1.82) is 0 Å². The van der Waals surface area contributed by atoms with Gasteiger partial charge in [0.2, 0.25) is 6.10 Å². The van der Waals surface area contributed by atoms with Gasteiger partial charge in [-0.3, -0.25) is 4.79 Å². The second-order valence-corrected chi connectivity index (χ2v) is 7.62. The number of aromatic nitrogens is 2. The first-order chi connectivity index (χ1) is 16.4. The van der Waals surface area contributed by atoms with Gasteiger partial charge in [-0.25, -0.2) is 14.6 Å². The summed E-state index contributed by atoms with van der Waals surface area (Å²) in [5.41, 5.74) is 3.97. The van der Waals surface area contributed by atoms with Crippen molar-refractivity contribution in [2.24, 2.45) is 0 Å². The van der Waals surface area contributed by atoms with Crippen molar-refractivity contribution < 1.29 is 28.9 Å². The van der Waals surface area contributed by atoms with Crippen LogP contribution in [0.15, 0.2) is 29.1 Å². The molecule has 0 fully saturated rings. The molecule has 0 amide bonds. The third kappa shape index (κ3) is 3.67. The summed E-state index contributed by atoms with van der Waals surface area (Å²) in [5, 5.41) is 10.8. The topological polar surface area (TPSA) is 117 Å². The molecule has 0 saturated heterocycles. The fourth-order valence-corrected chi connectivity index (χ4v) is 4.45. The molecule has 9 nitrogen and oxygen atoms in total. The molecule has 2 aliphatic heterocycles. The maximum atomic E-state index is 13.3. The van der Waals surface area contributed by atoms with Crippen LogP contribution >= 0.6 is 0 Å². The zero-order chi connectivity index (χ0) is 24.6. The Morgan fingerprint density at radius 1 is 1.21 bits per heavy atom. The summed E-state index contributed by atoms with van der Waals surface area (Å²) in [6.45, 7) is 7.82. The van der Waals surface area contributed by atoms with Crippen LogP contribution in [0.1, 0.15) is 56.1 Å². The number of hydrogen-bond donors (Lipinski definition) is 1. The van der Waals surface area contributed by atoms with E-state index >= 15 is 0 Å². The maximum absolute atomic E-state index is 13.3. The monoisotopic (exact) mass is 466 g/mol. The Bertz CT molecular complexity index is 1360. The van der Waals surface area contributed by atoms with Crippen LogP contribution < -0.4 is 5.56 Å². The predicted octanol–water partition coefficient (Wildman–Crippen LogP) is 3.99. The number of pyridine rings is 2. The van der Waals surface area contributed by atoms with Crippen LogP contribution in [0, 0.1) is 0 Å². The van der Waals surface area contributed by atoms with Crippen LogP contribution in [0.25, 0.3) is 22.3 Å². The molecule has 178 valence electrons. The van der Waals surface area contributed by atoms with Crippen molar-refractivity contribution in [2.75, 3.05) is 6.61 Å². The van der Waals surface area contributed by atoms with Crippen LogP contribution in [0.2, 0.25) is 0 Å². The Morgan fingerprint density at radius 2 is 1.97 bits per heavy atom. The highest BCUT2D eigenvalue weighted by Crippen LogP contribution is 2.39. The first-order valence-electron chi connectivity index (χ1n) is 11.3. The van der Waals surface area contributed by atoms with Crippen molar-refractivity contribution in [3.8, 4) is 17.1 Å². The summed E-state index contributed by atoms with van der Waals surface area (Å²) in [6, 6.07) is 6.64. The number of carbonyl (C=O) groups excluding carboxylic acids is 2. The molecule has 1 unspecified atom stereocenters. The average molecular weight is 466 g/mol. The largest absolute Gasteiger partial charge is 0.509 e. The molecule has 34 heavy (non-hydrogen) atoms. The molecule has 4 heterocycles. The van der Waals surface area contributed by atoms with Gasteiger partial charge in [-0.2, -0.15) is 0 Å². The molecule has 0 aliphatic carbocycles. The summed E-state index contributed by atoms with van der Waals surface area (Å²) in [4.78, 5) is 42.3. The van der Waals surface area contributed by atoms with Crippen LogP contribution in [0.3, 0.4) is 0 Å². The number of esters is 1. The number of phenolic OH excluding ortho intramolecular Hbond substituents is 1. The number of aryl methyl sites for hydroxylation is 1. The lowest BCUT2D eigenvalue weighted by atomic mass is 9.97. The third-order valence-corrected chi connectivity index (χ3v) is 5.87. The van der Waals surface area contributed by atoms with E-state index in [-0.39, 0.29) is 35.6 Å². The number of cyclic esters (lactones) is 1. The number of nitrogens with zero attached hydrogens (tertiary/aromatic N) is 2. The fourth-order valence-electron chi connectivity index (χ4n) is 4.45. The van der Waals surface area contributed by atoms with E-state index in [1.165, 1.54) is 0 Å². The van der Waals surface area contributed by atoms with E-state index in [9.17, 15) is 19.5 Å². The first kappa shape index (κ1) is 23.3. The van der Waals surface area contributed by atoms with E-state index in [2.05, 4.69) is 0 Å². The highest BCUT2D eigenvalue weighted by molar-refractivity contribution is 5.89. The zero-order valence-corrected chi connectivity index (χ0v) is 19.5. The minimum atomic E-state index is -1.39. The van der Waals surface area contributed by atoms with Crippen molar-refractivity contribution in [3.63, 3.8) is 0 Å². The Kier molecular flexibility index (Phi) is 6.28. The molecule has 3 aromatic rings. The van der Waals surface area contributed by atoms with Gasteiger partial charge in [-0.05, 0) is 43.2 Å². The van der Waals surface area contributed by atoms with E-state index in [1.807, 2.05) is 20.8 Å². The number of rotatable bonds is 3. The highest BCUT2D eigenvalue weighted by Gasteiger charge is 2.38. The van der Waals surface area contributed by atoms with Gasteiger partial charge in [0.1, 0.15) is 12.4 Å². The van der Waals surface area contributed by atoms with Gasteiger partial charge in [0.25, 0.3) is 5.56 Å². The van der Waals surface area contributed by atoms with Gasteiger partial charge in [-0.1, -0.05) is 20.8 Å². The van der Waals surface area contributed by atoms with Gasteiger partial charge < -0.3 is 23.9 Å². The summed E-state index contributed by atoms with van der Waals surface area (Å²) in [6.07, 6.45) is -1.72. The lowest BCUT2D eigenvalue weighted by Crippen LogP contribution is -2.34. The minimum absolute atomic E-state index is 0.0834. The number of phenols is 1. The Balaban J connectivity index is 0.00000133. The second kappa shape index (κ2) is 9.17. The third-order valence-electron chi connectivity index (χ3n) is 5.87. The van der Waals surface area contributed by atoms with E-state index in [0.717, 1.165) is 16.5 Å². The number of benzene rings is 1. The Hall–Kier alpha value is -3.88. The van der Waals surface area contributed by atoms with E-state index < -0.39 is 18.2 Å². The predicted molar refractivity (Wildman–Crippen MR) is 124 cm³/mol. The van der Waals surface area contributed by atoms with Crippen LogP contribution in [0.4, 0.5) is 4.79 Å². The molecule has 1 aromatic carbocycles. The summed E-state index contributed by atoms with van der Waals surface area (Å²) < 4.78 is 16.7. The molecular formula is C25H26N2O7. The fraction of sp³-hybridized carbons (Fsp3) is 0.360. The molecule has 0 bridgehead atoms. The SMILES string of the molecule is CC.CCOC(=O)OC1C(=O)OCc2c1cc1n(c2=O)Cc2c-1nc1ccc(O)cc1c2CC. The molecule has 2 aliphatic rings. The van der Waals surface area contributed by atoms with Crippen LogP contribution in [0.5, 0.6) is 5.75 Å². The van der Waals surface area contributed by atoms with Gasteiger partial charge in [-0.15, -0.1) is 0 Å². The molecule has 5 rings (SSSR count).